The summed E-state index contributed by atoms with van der Waals surface area (Å²) in [6, 6.07) is 4.21. The van der Waals surface area contributed by atoms with Crippen molar-refractivity contribution in [1.29, 1.82) is 0 Å². The molecule has 138 valence electrons. The molecule has 0 heterocycles. The summed E-state index contributed by atoms with van der Waals surface area (Å²) in [6.45, 7) is 6.82. The molecular weight excluding hydrogens is 326 g/mol. The fourth-order valence-corrected chi connectivity index (χ4v) is 1.83. The summed E-state index contributed by atoms with van der Waals surface area (Å²) in [5.41, 5.74) is 4.46. The zero-order chi connectivity index (χ0) is 19.1. The third kappa shape index (κ3) is 6.19. The van der Waals surface area contributed by atoms with Crippen LogP contribution in [0.25, 0.3) is 0 Å². The lowest BCUT2D eigenvalue weighted by Gasteiger charge is -2.14. The van der Waals surface area contributed by atoms with Crippen molar-refractivity contribution in [2.24, 2.45) is 11.8 Å². The van der Waals surface area contributed by atoms with Gasteiger partial charge in [-0.2, -0.15) is 0 Å². The standard InChI is InChI=1S/C18H25NO6/c1-10(2)16(20)24-14-7-6-12(8-13(19)18(22)23-5)9-15(14)25-17(21)11(3)4/h6-7,9-11,13H,8,19H2,1-5H3/p+1/t13-/m0/s1. The second kappa shape index (κ2) is 9.17. The van der Waals surface area contributed by atoms with Crippen LogP contribution in [0.1, 0.15) is 33.3 Å². The van der Waals surface area contributed by atoms with Crippen molar-refractivity contribution in [3.63, 3.8) is 0 Å². The van der Waals surface area contributed by atoms with Crippen LogP contribution >= 0.6 is 0 Å². The van der Waals surface area contributed by atoms with E-state index in [2.05, 4.69) is 10.5 Å². The number of quaternary nitrogens is 1. The van der Waals surface area contributed by atoms with Crippen molar-refractivity contribution in [3.8, 4) is 11.5 Å². The molecule has 0 aliphatic rings. The van der Waals surface area contributed by atoms with Gasteiger partial charge in [0.2, 0.25) is 0 Å². The maximum absolute atomic E-state index is 11.9. The van der Waals surface area contributed by atoms with Gasteiger partial charge in [0.1, 0.15) is 0 Å². The molecule has 0 amide bonds. The van der Waals surface area contributed by atoms with Crippen LogP contribution in [0, 0.1) is 11.8 Å². The first kappa shape index (κ1) is 20.6. The lowest BCUT2D eigenvalue weighted by Crippen LogP contribution is -2.66. The van der Waals surface area contributed by atoms with E-state index in [1.807, 2.05) is 0 Å². The Labute approximate surface area is 147 Å². The highest BCUT2D eigenvalue weighted by molar-refractivity contribution is 5.78. The Kier molecular flexibility index (Phi) is 7.57. The molecule has 0 bridgehead atoms. The Morgan fingerprint density at radius 1 is 0.920 bits per heavy atom. The maximum Gasteiger partial charge on any atom is 0.364 e. The molecule has 0 saturated carbocycles. The summed E-state index contributed by atoms with van der Waals surface area (Å²) >= 11 is 0. The number of carbonyl (C=O) groups excluding carboxylic acids is 3. The van der Waals surface area contributed by atoms with Crippen LogP contribution in [-0.2, 0) is 25.5 Å². The van der Waals surface area contributed by atoms with Crippen LogP contribution in [-0.4, -0.2) is 31.1 Å². The SMILES string of the molecule is COC(=O)[C@@H]([NH3+])Cc1ccc(OC(=O)C(C)C)c(OC(=O)C(C)C)c1. The van der Waals surface area contributed by atoms with E-state index < -0.39 is 23.9 Å². The fraction of sp³-hybridized carbons (Fsp3) is 0.500. The monoisotopic (exact) mass is 352 g/mol. The van der Waals surface area contributed by atoms with Gasteiger partial charge >= 0.3 is 17.9 Å². The largest absolute Gasteiger partial charge is 0.465 e. The third-order valence-corrected chi connectivity index (χ3v) is 3.39. The number of methoxy groups -OCH3 is 1. The zero-order valence-corrected chi connectivity index (χ0v) is 15.3. The highest BCUT2D eigenvalue weighted by Crippen LogP contribution is 2.30. The molecule has 0 saturated heterocycles. The molecule has 1 aromatic rings. The highest BCUT2D eigenvalue weighted by atomic mass is 16.6. The Morgan fingerprint density at radius 3 is 1.92 bits per heavy atom. The number of ether oxygens (including phenoxy) is 3. The summed E-state index contributed by atoms with van der Waals surface area (Å²) in [7, 11) is 1.30. The summed E-state index contributed by atoms with van der Waals surface area (Å²) in [6.07, 6.45) is 0.303. The molecule has 0 aromatic heterocycles. The second-order valence-electron chi connectivity index (χ2n) is 6.36. The zero-order valence-electron chi connectivity index (χ0n) is 15.3. The van der Waals surface area contributed by atoms with E-state index in [1.165, 1.54) is 7.11 Å². The summed E-state index contributed by atoms with van der Waals surface area (Å²) in [5, 5.41) is 0. The first-order valence-electron chi connectivity index (χ1n) is 8.12. The van der Waals surface area contributed by atoms with Crippen molar-refractivity contribution >= 4 is 17.9 Å². The van der Waals surface area contributed by atoms with E-state index in [0.717, 1.165) is 0 Å². The van der Waals surface area contributed by atoms with Crippen molar-refractivity contribution in [3.05, 3.63) is 23.8 Å². The Hall–Kier alpha value is -2.41. The number of esters is 3. The minimum atomic E-state index is -0.595. The molecule has 1 rings (SSSR count). The molecule has 0 fully saturated rings. The lowest BCUT2D eigenvalue weighted by atomic mass is 10.1. The van der Waals surface area contributed by atoms with Crippen molar-refractivity contribution in [2.45, 2.75) is 40.2 Å². The molecule has 0 radical (unpaired) electrons. The van der Waals surface area contributed by atoms with E-state index in [-0.39, 0.29) is 23.3 Å². The highest BCUT2D eigenvalue weighted by Gasteiger charge is 2.22. The number of hydrogen-bond acceptors (Lipinski definition) is 6. The van der Waals surface area contributed by atoms with Crippen LogP contribution in [0.5, 0.6) is 11.5 Å². The average Bonchev–Trinajstić information content (AvgIpc) is 2.55. The summed E-state index contributed by atoms with van der Waals surface area (Å²) in [5.74, 6) is -1.67. The van der Waals surface area contributed by atoms with Crippen LogP contribution in [0.2, 0.25) is 0 Å². The molecular formula is C18H26NO6+. The van der Waals surface area contributed by atoms with Gasteiger partial charge in [-0.05, 0) is 17.7 Å². The molecule has 1 atom stereocenters. The third-order valence-electron chi connectivity index (χ3n) is 3.39. The smallest absolute Gasteiger partial charge is 0.364 e. The quantitative estimate of drug-likeness (QED) is 0.582. The van der Waals surface area contributed by atoms with Crippen molar-refractivity contribution < 1.29 is 34.3 Å². The molecule has 0 unspecified atom stereocenters. The summed E-state index contributed by atoms with van der Waals surface area (Å²) in [4.78, 5) is 35.3. The van der Waals surface area contributed by atoms with Gasteiger partial charge in [0.15, 0.2) is 17.5 Å². The molecule has 0 aliphatic heterocycles. The molecule has 3 N–H and O–H groups in total. The van der Waals surface area contributed by atoms with Gasteiger partial charge in [-0.3, -0.25) is 9.59 Å². The van der Waals surface area contributed by atoms with Crippen LogP contribution in [0.3, 0.4) is 0 Å². The normalized spacial score (nSPS) is 12.0. The van der Waals surface area contributed by atoms with Gasteiger partial charge in [0.25, 0.3) is 0 Å². The topological polar surface area (TPSA) is 107 Å². The number of benzene rings is 1. The first-order valence-corrected chi connectivity index (χ1v) is 8.12. The van der Waals surface area contributed by atoms with E-state index in [9.17, 15) is 14.4 Å². The maximum atomic E-state index is 11.9. The van der Waals surface area contributed by atoms with Gasteiger partial charge in [-0.25, -0.2) is 4.79 Å². The molecule has 0 spiro atoms. The second-order valence-corrected chi connectivity index (χ2v) is 6.36. The van der Waals surface area contributed by atoms with Gasteiger partial charge in [0.05, 0.1) is 18.9 Å². The molecule has 25 heavy (non-hydrogen) atoms. The molecule has 1 aromatic carbocycles. The van der Waals surface area contributed by atoms with Crippen LogP contribution in [0.15, 0.2) is 18.2 Å². The Balaban J connectivity index is 3.10. The molecule has 7 nitrogen and oxygen atoms in total. The van der Waals surface area contributed by atoms with Crippen molar-refractivity contribution in [2.75, 3.05) is 7.11 Å². The van der Waals surface area contributed by atoms with Gasteiger partial charge in [-0.1, -0.05) is 33.8 Å². The van der Waals surface area contributed by atoms with Crippen LogP contribution in [0.4, 0.5) is 0 Å². The number of carbonyl (C=O) groups is 3. The number of hydrogen-bond donors (Lipinski definition) is 1. The van der Waals surface area contributed by atoms with Gasteiger partial charge < -0.3 is 19.9 Å². The predicted octanol–water partition coefficient (Wildman–Crippen LogP) is 1.14. The van der Waals surface area contributed by atoms with E-state index in [1.54, 1.807) is 45.9 Å². The van der Waals surface area contributed by atoms with Gasteiger partial charge in [0, 0.05) is 6.42 Å². The Morgan fingerprint density at radius 2 is 1.44 bits per heavy atom. The van der Waals surface area contributed by atoms with Gasteiger partial charge in [-0.15, -0.1) is 0 Å². The Bertz CT molecular complexity index is 638. The van der Waals surface area contributed by atoms with E-state index >= 15 is 0 Å². The minimum absolute atomic E-state index is 0.141. The average molecular weight is 352 g/mol. The first-order chi connectivity index (χ1) is 11.6. The minimum Gasteiger partial charge on any atom is -0.465 e. The fourth-order valence-electron chi connectivity index (χ4n) is 1.83. The van der Waals surface area contributed by atoms with E-state index in [4.69, 9.17) is 9.47 Å². The van der Waals surface area contributed by atoms with Crippen LogP contribution < -0.4 is 15.2 Å². The molecule has 0 aliphatic carbocycles. The molecule has 7 heteroatoms. The van der Waals surface area contributed by atoms with Crippen molar-refractivity contribution in [1.82, 2.24) is 0 Å². The lowest BCUT2D eigenvalue weighted by molar-refractivity contribution is -0.407. The summed E-state index contributed by atoms with van der Waals surface area (Å²) < 4.78 is 15.3. The predicted molar refractivity (Wildman–Crippen MR) is 89.8 cm³/mol. The number of rotatable bonds is 7. The van der Waals surface area contributed by atoms with E-state index in [0.29, 0.717) is 12.0 Å².